The average molecular weight is 347 g/mol. The number of aromatic nitrogens is 1. The third-order valence-corrected chi connectivity index (χ3v) is 4.34. The third-order valence-electron chi connectivity index (χ3n) is 3.90. The van der Waals surface area contributed by atoms with Crippen LogP contribution in [-0.4, -0.2) is 17.0 Å². The van der Waals surface area contributed by atoms with Crippen LogP contribution in [0.2, 0.25) is 0 Å². The van der Waals surface area contributed by atoms with Crippen LogP contribution in [0.1, 0.15) is 35.8 Å². The highest BCUT2D eigenvalue weighted by Crippen LogP contribution is 2.29. The maximum Gasteiger partial charge on any atom is 0.274 e. The number of amides is 1. The molecule has 1 aliphatic heterocycles. The Morgan fingerprint density at radius 1 is 1.33 bits per heavy atom. The van der Waals surface area contributed by atoms with Gasteiger partial charge in [0.15, 0.2) is 0 Å². The zero-order valence-corrected chi connectivity index (χ0v) is 13.8. The summed E-state index contributed by atoms with van der Waals surface area (Å²) in [6, 6.07) is 10.1. The lowest BCUT2D eigenvalue weighted by atomic mass is 10.0. The molecule has 4 heteroatoms. The number of benzene rings is 1. The summed E-state index contributed by atoms with van der Waals surface area (Å²) < 4.78 is 3.01. The number of anilines is 1. The van der Waals surface area contributed by atoms with E-state index in [1.807, 2.05) is 33.9 Å². The summed E-state index contributed by atoms with van der Waals surface area (Å²) in [4.78, 5) is 14.9. The molecule has 21 heavy (non-hydrogen) atoms. The number of fused-ring (bicyclic) bond motifs is 1. The fourth-order valence-corrected chi connectivity index (χ4v) is 3.43. The number of para-hydroxylation sites is 1. The minimum atomic E-state index is 0.0984. The van der Waals surface area contributed by atoms with E-state index in [9.17, 15) is 4.79 Å². The van der Waals surface area contributed by atoms with Crippen LogP contribution in [0.3, 0.4) is 0 Å². The monoisotopic (exact) mass is 346 g/mol. The number of halogens is 1. The predicted molar refractivity (Wildman–Crippen MR) is 88.9 cm³/mol. The van der Waals surface area contributed by atoms with E-state index >= 15 is 0 Å². The Labute approximate surface area is 133 Å². The standard InChI is InChI=1S/C17H19BrN2O/c1-2-9-19-12-14(18)11-16(19)17(21)20-10-5-7-13-6-3-4-8-15(13)20/h3-4,6,8,11-12H,2,5,7,9-10H2,1H3. The SMILES string of the molecule is CCCn1cc(Br)cc1C(=O)N1CCCc2ccccc21. The van der Waals surface area contributed by atoms with Gasteiger partial charge in [0.05, 0.1) is 0 Å². The molecule has 3 rings (SSSR count). The van der Waals surface area contributed by atoms with Crippen LogP contribution in [0.4, 0.5) is 5.69 Å². The van der Waals surface area contributed by atoms with Crippen molar-refractivity contribution in [1.82, 2.24) is 4.57 Å². The Hall–Kier alpha value is -1.55. The van der Waals surface area contributed by atoms with Crippen molar-refractivity contribution in [3.8, 4) is 0 Å². The molecular weight excluding hydrogens is 328 g/mol. The molecule has 2 aromatic rings. The van der Waals surface area contributed by atoms with Gasteiger partial charge in [-0.05, 0) is 52.9 Å². The summed E-state index contributed by atoms with van der Waals surface area (Å²) in [5, 5.41) is 0. The number of carbonyl (C=O) groups is 1. The van der Waals surface area contributed by atoms with E-state index in [0.29, 0.717) is 0 Å². The van der Waals surface area contributed by atoms with Crippen molar-refractivity contribution in [2.45, 2.75) is 32.7 Å². The number of nitrogens with zero attached hydrogens (tertiary/aromatic N) is 2. The summed E-state index contributed by atoms with van der Waals surface area (Å²) in [6.45, 7) is 3.78. The van der Waals surface area contributed by atoms with Crippen molar-refractivity contribution in [2.24, 2.45) is 0 Å². The van der Waals surface area contributed by atoms with Gasteiger partial charge in [0.1, 0.15) is 5.69 Å². The molecule has 2 heterocycles. The fourth-order valence-electron chi connectivity index (χ4n) is 2.96. The molecule has 0 atom stereocenters. The van der Waals surface area contributed by atoms with Crippen LogP contribution in [0, 0.1) is 0 Å². The first kappa shape index (κ1) is 14.4. The van der Waals surface area contributed by atoms with E-state index in [2.05, 4.69) is 35.0 Å². The van der Waals surface area contributed by atoms with Gasteiger partial charge in [-0.25, -0.2) is 0 Å². The molecule has 0 bridgehead atoms. The number of hydrogen-bond acceptors (Lipinski definition) is 1. The molecule has 0 fully saturated rings. The van der Waals surface area contributed by atoms with E-state index in [1.54, 1.807) is 0 Å². The van der Waals surface area contributed by atoms with Gasteiger partial charge in [-0.3, -0.25) is 4.79 Å². The van der Waals surface area contributed by atoms with E-state index in [4.69, 9.17) is 0 Å². The molecule has 1 aliphatic rings. The highest BCUT2D eigenvalue weighted by molar-refractivity contribution is 9.10. The quantitative estimate of drug-likeness (QED) is 0.815. The summed E-state index contributed by atoms with van der Waals surface area (Å²) >= 11 is 3.49. The minimum Gasteiger partial charge on any atom is -0.342 e. The Bertz CT molecular complexity index is 663. The maximum absolute atomic E-state index is 13.0. The van der Waals surface area contributed by atoms with E-state index in [1.165, 1.54) is 5.56 Å². The lowest BCUT2D eigenvalue weighted by molar-refractivity contribution is 0.0976. The Morgan fingerprint density at radius 2 is 2.14 bits per heavy atom. The first-order valence-electron chi connectivity index (χ1n) is 7.46. The van der Waals surface area contributed by atoms with Gasteiger partial charge < -0.3 is 9.47 Å². The van der Waals surface area contributed by atoms with Gasteiger partial charge in [0.2, 0.25) is 0 Å². The smallest absolute Gasteiger partial charge is 0.274 e. The Morgan fingerprint density at radius 3 is 2.95 bits per heavy atom. The van der Waals surface area contributed by atoms with Crippen LogP contribution in [0.5, 0.6) is 0 Å². The van der Waals surface area contributed by atoms with Crippen molar-refractivity contribution in [1.29, 1.82) is 0 Å². The summed E-state index contributed by atoms with van der Waals surface area (Å²) in [5.41, 5.74) is 3.10. The van der Waals surface area contributed by atoms with Crippen LogP contribution >= 0.6 is 15.9 Å². The second-order valence-electron chi connectivity index (χ2n) is 5.43. The highest BCUT2D eigenvalue weighted by atomic mass is 79.9. The van der Waals surface area contributed by atoms with Crippen LogP contribution in [0.15, 0.2) is 41.0 Å². The van der Waals surface area contributed by atoms with Gasteiger partial charge in [-0.1, -0.05) is 25.1 Å². The molecule has 0 spiro atoms. The van der Waals surface area contributed by atoms with Crippen molar-refractivity contribution >= 4 is 27.5 Å². The molecule has 0 saturated heterocycles. The molecular formula is C17H19BrN2O. The number of rotatable bonds is 3. The molecule has 0 unspecified atom stereocenters. The van der Waals surface area contributed by atoms with Crippen LogP contribution < -0.4 is 4.90 Å². The molecule has 0 aliphatic carbocycles. The lowest BCUT2D eigenvalue weighted by Crippen LogP contribution is -2.36. The summed E-state index contributed by atoms with van der Waals surface area (Å²) in [5.74, 6) is 0.0984. The Balaban J connectivity index is 1.96. The van der Waals surface area contributed by atoms with Crippen molar-refractivity contribution in [3.63, 3.8) is 0 Å². The molecule has 3 nitrogen and oxygen atoms in total. The van der Waals surface area contributed by atoms with Crippen molar-refractivity contribution < 1.29 is 4.79 Å². The number of hydrogen-bond donors (Lipinski definition) is 0. The molecule has 0 N–H and O–H groups in total. The summed E-state index contributed by atoms with van der Waals surface area (Å²) in [6.07, 6.45) is 5.09. The fraction of sp³-hybridized carbons (Fsp3) is 0.353. The molecule has 1 amide bonds. The first-order chi connectivity index (χ1) is 10.2. The topological polar surface area (TPSA) is 25.2 Å². The zero-order valence-electron chi connectivity index (χ0n) is 12.2. The minimum absolute atomic E-state index is 0.0984. The van der Waals surface area contributed by atoms with Gasteiger partial charge in [0, 0.05) is 29.4 Å². The van der Waals surface area contributed by atoms with Crippen molar-refractivity contribution in [3.05, 3.63) is 52.3 Å². The van der Waals surface area contributed by atoms with Gasteiger partial charge >= 0.3 is 0 Å². The molecule has 1 aromatic heterocycles. The van der Waals surface area contributed by atoms with E-state index in [-0.39, 0.29) is 5.91 Å². The predicted octanol–water partition coefficient (Wildman–Crippen LogP) is 4.25. The average Bonchev–Trinajstić information content (AvgIpc) is 2.87. The van der Waals surface area contributed by atoms with E-state index < -0.39 is 0 Å². The van der Waals surface area contributed by atoms with Gasteiger partial charge in [0.25, 0.3) is 5.91 Å². The molecule has 110 valence electrons. The summed E-state index contributed by atoms with van der Waals surface area (Å²) in [7, 11) is 0. The van der Waals surface area contributed by atoms with Crippen LogP contribution in [-0.2, 0) is 13.0 Å². The second-order valence-corrected chi connectivity index (χ2v) is 6.34. The molecule has 0 radical (unpaired) electrons. The number of carbonyl (C=O) groups excluding carboxylic acids is 1. The van der Waals surface area contributed by atoms with Crippen LogP contribution in [0.25, 0.3) is 0 Å². The second kappa shape index (κ2) is 6.06. The van der Waals surface area contributed by atoms with Crippen molar-refractivity contribution in [2.75, 3.05) is 11.4 Å². The largest absolute Gasteiger partial charge is 0.342 e. The van der Waals surface area contributed by atoms with Gasteiger partial charge in [-0.2, -0.15) is 0 Å². The first-order valence-corrected chi connectivity index (χ1v) is 8.25. The number of aryl methyl sites for hydroxylation is 2. The maximum atomic E-state index is 13.0. The third kappa shape index (κ3) is 2.77. The normalized spacial score (nSPS) is 14.1. The molecule has 1 aromatic carbocycles. The van der Waals surface area contributed by atoms with Gasteiger partial charge in [-0.15, -0.1) is 0 Å². The highest BCUT2D eigenvalue weighted by Gasteiger charge is 2.25. The van der Waals surface area contributed by atoms with E-state index in [0.717, 1.165) is 48.2 Å². The Kier molecular flexibility index (Phi) is 4.15. The zero-order chi connectivity index (χ0) is 14.8. The lowest BCUT2D eigenvalue weighted by Gasteiger charge is -2.29. The molecule has 0 saturated carbocycles.